The van der Waals surface area contributed by atoms with Crippen LogP contribution in [0.5, 0.6) is 0 Å². The van der Waals surface area contributed by atoms with Crippen molar-refractivity contribution in [2.45, 2.75) is 44.2 Å². The Balaban J connectivity index is 1.56. The van der Waals surface area contributed by atoms with Crippen LogP contribution in [0.25, 0.3) is 0 Å². The van der Waals surface area contributed by atoms with Crippen LogP contribution in [0.2, 0.25) is 0 Å². The molecule has 0 radical (unpaired) electrons. The van der Waals surface area contributed by atoms with Gasteiger partial charge in [0.2, 0.25) is 0 Å². The summed E-state index contributed by atoms with van der Waals surface area (Å²) in [5, 5.41) is 4.37. The van der Waals surface area contributed by atoms with Crippen LogP contribution in [0.15, 0.2) is 18.2 Å². The molecule has 2 fully saturated rings. The summed E-state index contributed by atoms with van der Waals surface area (Å²) < 4.78 is 5.73. The molecule has 24 heavy (non-hydrogen) atoms. The SMILES string of the molecule is Cc1ccc2c(c1)[C@@H]1C[NH+](C)CC[C@@H]1N2C(=S)NC[C@H]1CCCO1. The second-order valence-corrected chi connectivity index (χ2v) is 8.01. The lowest BCUT2D eigenvalue weighted by Gasteiger charge is -2.35. The van der Waals surface area contributed by atoms with E-state index in [2.05, 4.69) is 42.4 Å². The number of hydrogen-bond donors (Lipinski definition) is 2. The number of benzene rings is 1. The van der Waals surface area contributed by atoms with E-state index in [1.165, 1.54) is 42.7 Å². The predicted molar refractivity (Wildman–Crippen MR) is 101 cm³/mol. The molecule has 4 atom stereocenters. The lowest BCUT2D eigenvalue weighted by molar-refractivity contribution is -0.886. The lowest BCUT2D eigenvalue weighted by atomic mass is 9.89. The van der Waals surface area contributed by atoms with Crippen molar-refractivity contribution >= 4 is 23.0 Å². The molecule has 2 N–H and O–H groups in total. The molecule has 1 unspecified atom stereocenters. The third kappa shape index (κ3) is 2.93. The zero-order valence-electron chi connectivity index (χ0n) is 14.7. The van der Waals surface area contributed by atoms with Crippen molar-refractivity contribution in [3.05, 3.63) is 29.3 Å². The number of hydrogen-bond acceptors (Lipinski definition) is 2. The van der Waals surface area contributed by atoms with Gasteiger partial charge in [0.1, 0.15) is 0 Å². The predicted octanol–water partition coefficient (Wildman–Crippen LogP) is 1.24. The number of likely N-dealkylation sites (N-methyl/N-ethyl adjacent to an activating group) is 1. The molecule has 5 heteroatoms. The minimum absolute atomic E-state index is 0.320. The summed E-state index contributed by atoms with van der Waals surface area (Å²) in [6.45, 7) is 6.33. The molecule has 130 valence electrons. The minimum atomic E-state index is 0.320. The fraction of sp³-hybridized carbons (Fsp3) is 0.632. The van der Waals surface area contributed by atoms with Crippen molar-refractivity contribution in [3.8, 4) is 0 Å². The van der Waals surface area contributed by atoms with Gasteiger partial charge >= 0.3 is 0 Å². The van der Waals surface area contributed by atoms with Crippen molar-refractivity contribution in [1.82, 2.24) is 5.32 Å². The number of piperidine rings is 1. The van der Waals surface area contributed by atoms with Crippen LogP contribution in [-0.2, 0) is 4.74 Å². The molecular weight excluding hydrogens is 318 g/mol. The van der Waals surface area contributed by atoms with Gasteiger partial charge in [-0.05, 0) is 43.6 Å². The largest absolute Gasteiger partial charge is 0.376 e. The number of fused-ring (bicyclic) bond motifs is 3. The maximum atomic E-state index is 5.81. The van der Waals surface area contributed by atoms with Gasteiger partial charge in [-0.1, -0.05) is 17.7 Å². The zero-order valence-corrected chi connectivity index (χ0v) is 15.5. The third-order valence-corrected chi connectivity index (χ3v) is 6.14. The van der Waals surface area contributed by atoms with E-state index in [1.807, 2.05) is 0 Å². The fourth-order valence-electron chi connectivity index (χ4n) is 4.56. The Bertz CT molecular complexity index is 629. The molecule has 0 aliphatic carbocycles. The van der Waals surface area contributed by atoms with Gasteiger partial charge in [-0.15, -0.1) is 0 Å². The Morgan fingerprint density at radius 3 is 3.08 bits per heavy atom. The number of ether oxygens (including phenoxy) is 1. The van der Waals surface area contributed by atoms with E-state index in [1.54, 1.807) is 4.90 Å². The highest BCUT2D eigenvalue weighted by Crippen LogP contribution is 2.43. The Morgan fingerprint density at radius 2 is 2.29 bits per heavy atom. The average molecular weight is 347 g/mol. The van der Waals surface area contributed by atoms with Crippen molar-refractivity contribution in [2.24, 2.45) is 0 Å². The Hall–Kier alpha value is -1.17. The molecule has 0 aromatic heterocycles. The van der Waals surface area contributed by atoms with Crippen LogP contribution in [0.1, 0.15) is 36.3 Å². The molecule has 1 aromatic carbocycles. The number of likely N-dealkylation sites (tertiary alicyclic amines) is 1. The van der Waals surface area contributed by atoms with Gasteiger partial charge in [0, 0.05) is 25.3 Å². The van der Waals surface area contributed by atoms with E-state index in [4.69, 9.17) is 17.0 Å². The van der Waals surface area contributed by atoms with Gasteiger partial charge in [-0.25, -0.2) is 0 Å². The standard InChI is InChI=1S/C19H27N3OS/c1-13-5-6-17-15(10-13)16-12-21(2)8-7-18(16)22(17)19(24)20-11-14-4-3-9-23-14/h5-6,10,14,16,18H,3-4,7-9,11-12H2,1-2H3,(H,20,24)/p+1/t14-,16+,18+/m1/s1. The number of anilines is 1. The monoisotopic (exact) mass is 346 g/mol. The molecule has 2 saturated heterocycles. The van der Waals surface area contributed by atoms with E-state index >= 15 is 0 Å². The molecule has 0 amide bonds. The normalized spacial score (nSPS) is 31.7. The molecule has 4 rings (SSSR count). The Labute approximate surface area is 150 Å². The van der Waals surface area contributed by atoms with Crippen LogP contribution < -0.4 is 15.1 Å². The minimum Gasteiger partial charge on any atom is -0.376 e. The molecule has 3 aliphatic heterocycles. The Morgan fingerprint density at radius 1 is 1.42 bits per heavy atom. The van der Waals surface area contributed by atoms with Crippen LogP contribution in [0.4, 0.5) is 5.69 Å². The molecule has 3 aliphatic rings. The van der Waals surface area contributed by atoms with Crippen molar-refractivity contribution in [1.29, 1.82) is 0 Å². The number of nitrogens with zero attached hydrogens (tertiary/aromatic N) is 1. The topological polar surface area (TPSA) is 28.9 Å². The van der Waals surface area contributed by atoms with Crippen LogP contribution in [0, 0.1) is 6.92 Å². The first-order valence-corrected chi connectivity index (χ1v) is 9.65. The maximum absolute atomic E-state index is 5.81. The number of nitrogens with one attached hydrogen (secondary N) is 2. The second-order valence-electron chi connectivity index (χ2n) is 7.63. The highest BCUT2D eigenvalue weighted by Gasteiger charge is 2.44. The quantitative estimate of drug-likeness (QED) is 0.789. The van der Waals surface area contributed by atoms with Crippen LogP contribution in [0.3, 0.4) is 0 Å². The molecule has 0 saturated carbocycles. The van der Waals surface area contributed by atoms with Crippen molar-refractivity contribution in [3.63, 3.8) is 0 Å². The summed E-state index contributed by atoms with van der Waals surface area (Å²) in [6, 6.07) is 7.35. The van der Waals surface area contributed by atoms with Gasteiger partial charge in [-0.3, -0.25) is 0 Å². The molecule has 0 bridgehead atoms. The first-order chi connectivity index (χ1) is 11.6. The van der Waals surface area contributed by atoms with Crippen LogP contribution in [-0.4, -0.2) is 50.5 Å². The third-order valence-electron chi connectivity index (χ3n) is 5.80. The number of aryl methyl sites for hydroxylation is 1. The summed E-state index contributed by atoms with van der Waals surface area (Å²) in [7, 11) is 2.31. The highest BCUT2D eigenvalue weighted by atomic mass is 32.1. The van der Waals surface area contributed by atoms with E-state index in [9.17, 15) is 0 Å². The summed E-state index contributed by atoms with van der Waals surface area (Å²) >= 11 is 5.81. The van der Waals surface area contributed by atoms with E-state index in [0.717, 1.165) is 24.7 Å². The van der Waals surface area contributed by atoms with E-state index in [-0.39, 0.29) is 0 Å². The van der Waals surface area contributed by atoms with E-state index < -0.39 is 0 Å². The smallest absolute Gasteiger partial charge is 0.173 e. The molecule has 3 heterocycles. The average Bonchev–Trinajstić information content (AvgIpc) is 3.18. The van der Waals surface area contributed by atoms with Gasteiger partial charge in [-0.2, -0.15) is 0 Å². The molecule has 0 spiro atoms. The molecular formula is C19H28N3OS+. The van der Waals surface area contributed by atoms with E-state index in [0.29, 0.717) is 18.1 Å². The molecule has 1 aromatic rings. The number of rotatable bonds is 2. The first kappa shape index (κ1) is 16.3. The summed E-state index contributed by atoms with van der Waals surface area (Å²) in [6.07, 6.45) is 3.84. The summed E-state index contributed by atoms with van der Waals surface area (Å²) in [5.74, 6) is 0.594. The van der Waals surface area contributed by atoms with Gasteiger partial charge in [0.05, 0.1) is 38.2 Å². The lowest BCUT2D eigenvalue weighted by Crippen LogP contribution is -3.11. The van der Waals surface area contributed by atoms with Crippen molar-refractivity contribution < 1.29 is 9.64 Å². The Kier molecular flexibility index (Phi) is 4.50. The van der Waals surface area contributed by atoms with Gasteiger partial charge < -0.3 is 19.9 Å². The zero-order chi connectivity index (χ0) is 16.7. The van der Waals surface area contributed by atoms with Gasteiger partial charge in [0.25, 0.3) is 0 Å². The highest BCUT2D eigenvalue weighted by molar-refractivity contribution is 7.80. The van der Waals surface area contributed by atoms with Crippen molar-refractivity contribution in [2.75, 3.05) is 38.2 Å². The number of thiocarbonyl (C=S) groups is 1. The maximum Gasteiger partial charge on any atom is 0.173 e. The summed E-state index contributed by atoms with van der Waals surface area (Å²) in [4.78, 5) is 4.03. The first-order valence-electron chi connectivity index (χ1n) is 9.24. The van der Waals surface area contributed by atoms with Gasteiger partial charge in [0.15, 0.2) is 5.11 Å². The summed E-state index contributed by atoms with van der Waals surface area (Å²) in [5.41, 5.74) is 4.14. The number of quaternary nitrogens is 1. The van der Waals surface area contributed by atoms with Crippen LogP contribution >= 0.6 is 12.2 Å². The molecule has 4 nitrogen and oxygen atoms in total. The second kappa shape index (κ2) is 6.62. The fourth-order valence-corrected chi connectivity index (χ4v) is 4.87.